The number of carboxylic acids is 1. The number of hydrogen-bond donors (Lipinski definition) is 3. The first-order valence-electron chi connectivity index (χ1n) is 8.40. The Morgan fingerprint density at radius 1 is 1.15 bits per heavy atom. The molecule has 1 saturated carbocycles. The summed E-state index contributed by atoms with van der Waals surface area (Å²) >= 11 is 2.92. The van der Waals surface area contributed by atoms with Gasteiger partial charge in [0.15, 0.2) is 4.34 Å². The van der Waals surface area contributed by atoms with Crippen LogP contribution in [0.5, 0.6) is 0 Å². The predicted octanol–water partition coefficient (Wildman–Crippen LogP) is 3.60. The number of nitrogens with one attached hydrogen (secondary N) is 2. The minimum absolute atomic E-state index is 0.00504. The number of amides is 2. The normalized spacial score (nSPS) is 19.7. The van der Waals surface area contributed by atoms with Gasteiger partial charge in [-0.15, -0.1) is 10.2 Å². The third-order valence-electron chi connectivity index (χ3n) is 4.24. The van der Waals surface area contributed by atoms with Crippen LogP contribution in [0, 0.1) is 5.92 Å². The van der Waals surface area contributed by atoms with Crippen molar-refractivity contribution in [2.45, 2.75) is 41.8 Å². The van der Waals surface area contributed by atoms with Crippen molar-refractivity contribution < 1.29 is 14.7 Å². The Hall–Kier alpha value is -2.13. The number of thioether (sulfide) groups is 1. The second-order valence-corrected chi connectivity index (χ2v) is 8.33. The van der Waals surface area contributed by atoms with E-state index in [0.717, 1.165) is 10.1 Å². The molecule has 0 radical (unpaired) electrons. The first kappa shape index (κ1) is 18.7. The predicted molar refractivity (Wildman–Crippen MR) is 101 cm³/mol. The topological polar surface area (TPSA) is 104 Å². The van der Waals surface area contributed by atoms with Crippen LogP contribution in [0.15, 0.2) is 34.7 Å². The summed E-state index contributed by atoms with van der Waals surface area (Å²) in [4.78, 5) is 23.0. The summed E-state index contributed by atoms with van der Waals surface area (Å²) in [6.07, 6.45) is 2.55. The number of aromatic nitrogens is 2. The highest BCUT2D eigenvalue weighted by molar-refractivity contribution is 8.00. The molecule has 1 aliphatic rings. The van der Waals surface area contributed by atoms with Gasteiger partial charge in [-0.25, -0.2) is 4.79 Å². The lowest BCUT2D eigenvalue weighted by molar-refractivity contribution is -0.142. The Morgan fingerprint density at radius 3 is 2.58 bits per heavy atom. The Labute approximate surface area is 159 Å². The van der Waals surface area contributed by atoms with E-state index in [1.807, 2.05) is 18.2 Å². The number of hydrogen-bond acceptors (Lipinski definition) is 6. The summed E-state index contributed by atoms with van der Waals surface area (Å²) in [5.41, 5.74) is 1.21. The number of nitrogens with zero attached hydrogens (tertiary/aromatic N) is 2. The van der Waals surface area contributed by atoms with E-state index in [0.29, 0.717) is 30.8 Å². The average molecular weight is 393 g/mol. The molecule has 0 aliphatic heterocycles. The first-order chi connectivity index (χ1) is 12.6. The number of carbonyl (C=O) groups excluding carboxylic acids is 1. The highest BCUT2D eigenvalue weighted by Crippen LogP contribution is 2.28. The third-order valence-corrected chi connectivity index (χ3v) is 6.29. The van der Waals surface area contributed by atoms with Crippen LogP contribution < -0.4 is 10.6 Å². The summed E-state index contributed by atoms with van der Waals surface area (Å²) in [7, 11) is 0. The largest absolute Gasteiger partial charge is 0.481 e. The van der Waals surface area contributed by atoms with Gasteiger partial charge in [-0.05, 0) is 31.2 Å². The number of carboxylic acid groups (broad SMARTS) is 1. The summed E-state index contributed by atoms with van der Waals surface area (Å²) in [6.45, 7) is 0. The van der Waals surface area contributed by atoms with E-state index in [9.17, 15) is 9.59 Å². The molecule has 1 aromatic carbocycles. The molecule has 26 heavy (non-hydrogen) atoms. The van der Waals surface area contributed by atoms with Crippen molar-refractivity contribution in [3.05, 3.63) is 35.9 Å². The highest BCUT2D eigenvalue weighted by atomic mass is 32.2. The van der Waals surface area contributed by atoms with E-state index < -0.39 is 5.97 Å². The fraction of sp³-hybridized carbons (Fsp3) is 0.412. The van der Waals surface area contributed by atoms with Crippen LogP contribution in [-0.4, -0.2) is 33.3 Å². The van der Waals surface area contributed by atoms with Crippen molar-refractivity contribution in [3.8, 4) is 0 Å². The Balaban J connectivity index is 1.42. The van der Waals surface area contributed by atoms with E-state index in [1.54, 1.807) is 11.8 Å². The van der Waals surface area contributed by atoms with Gasteiger partial charge in [-0.2, -0.15) is 0 Å². The van der Waals surface area contributed by atoms with Gasteiger partial charge in [0.2, 0.25) is 5.13 Å². The molecule has 1 fully saturated rings. The first-order valence-corrected chi connectivity index (χ1v) is 10.2. The minimum atomic E-state index is -0.748. The van der Waals surface area contributed by atoms with Crippen LogP contribution in [-0.2, 0) is 10.5 Å². The van der Waals surface area contributed by atoms with Gasteiger partial charge < -0.3 is 10.4 Å². The summed E-state index contributed by atoms with van der Waals surface area (Å²) in [5.74, 6) is -0.236. The maximum atomic E-state index is 12.1. The summed E-state index contributed by atoms with van der Waals surface area (Å²) < 4.78 is 0.797. The van der Waals surface area contributed by atoms with Gasteiger partial charge in [0.05, 0.1) is 5.92 Å². The molecule has 1 aliphatic carbocycles. The number of rotatable bonds is 6. The fourth-order valence-corrected chi connectivity index (χ4v) is 4.54. The molecule has 7 nitrogen and oxygen atoms in total. The van der Waals surface area contributed by atoms with Crippen molar-refractivity contribution in [2.24, 2.45) is 5.92 Å². The second kappa shape index (κ2) is 9.00. The summed E-state index contributed by atoms with van der Waals surface area (Å²) in [5, 5.41) is 23.1. The van der Waals surface area contributed by atoms with Crippen molar-refractivity contribution >= 4 is 40.2 Å². The number of benzene rings is 1. The second-order valence-electron chi connectivity index (χ2n) is 6.13. The molecular formula is C17H20N4O3S2. The fourth-order valence-electron chi connectivity index (χ4n) is 2.84. The smallest absolute Gasteiger partial charge is 0.321 e. The number of carbonyl (C=O) groups is 2. The molecule has 0 unspecified atom stereocenters. The van der Waals surface area contributed by atoms with E-state index >= 15 is 0 Å². The molecule has 0 atom stereocenters. The molecule has 2 aromatic rings. The minimum Gasteiger partial charge on any atom is -0.481 e. The molecule has 3 rings (SSSR count). The molecule has 0 saturated heterocycles. The lowest BCUT2D eigenvalue weighted by atomic mass is 9.86. The van der Waals surface area contributed by atoms with Gasteiger partial charge in [0, 0.05) is 11.8 Å². The van der Waals surface area contributed by atoms with Crippen molar-refractivity contribution in [2.75, 3.05) is 5.32 Å². The van der Waals surface area contributed by atoms with Crippen molar-refractivity contribution in [1.82, 2.24) is 15.5 Å². The zero-order chi connectivity index (χ0) is 18.4. The Bertz CT molecular complexity index is 745. The maximum Gasteiger partial charge on any atom is 0.321 e. The zero-order valence-electron chi connectivity index (χ0n) is 14.1. The van der Waals surface area contributed by atoms with Gasteiger partial charge in [0.25, 0.3) is 0 Å². The standard InChI is InChI=1S/C17H20N4O3S2/c22-14(23)12-6-8-13(9-7-12)18-15(24)19-16-20-21-17(26-16)25-10-11-4-2-1-3-5-11/h1-5,12-13H,6-10H2,(H,22,23)(H2,18,19,20,24). The van der Waals surface area contributed by atoms with Crippen LogP contribution >= 0.6 is 23.1 Å². The molecular weight excluding hydrogens is 372 g/mol. The van der Waals surface area contributed by atoms with Crippen LogP contribution in [0.3, 0.4) is 0 Å². The van der Waals surface area contributed by atoms with E-state index in [-0.39, 0.29) is 18.0 Å². The SMILES string of the molecule is O=C(Nc1nnc(SCc2ccccc2)s1)NC1CCC(C(=O)O)CC1. The highest BCUT2D eigenvalue weighted by Gasteiger charge is 2.26. The van der Waals surface area contributed by atoms with E-state index in [4.69, 9.17) is 5.11 Å². The quantitative estimate of drug-likeness (QED) is 0.513. The van der Waals surface area contributed by atoms with E-state index in [1.165, 1.54) is 16.9 Å². The van der Waals surface area contributed by atoms with Crippen LogP contribution in [0.2, 0.25) is 0 Å². The third kappa shape index (κ3) is 5.43. The number of urea groups is 1. The Morgan fingerprint density at radius 2 is 1.88 bits per heavy atom. The maximum absolute atomic E-state index is 12.1. The number of aliphatic carboxylic acids is 1. The molecule has 9 heteroatoms. The molecule has 2 amide bonds. The molecule has 138 valence electrons. The van der Waals surface area contributed by atoms with Gasteiger partial charge >= 0.3 is 12.0 Å². The van der Waals surface area contributed by atoms with E-state index in [2.05, 4.69) is 33.0 Å². The van der Waals surface area contributed by atoms with Gasteiger partial charge in [-0.1, -0.05) is 53.4 Å². The van der Waals surface area contributed by atoms with Gasteiger partial charge in [-0.3, -0.25) is 10.1 Å². The van der Waals surface area contributed by atoms with Crippen LogP contribution in [0.4, 0.5) is 9.93 Å². The van der Waals surface area contributed by atoms with Crippen LogP contribution in [0.1, 0.15) is 31.2 Å². The zero-order valence-corrected chi connectivity index (χ0v) is 15.7. The van der Waals surface area contributed by atoms with Crippen molar-refractivity contribution in [1.29, 1.82) is 0 Å². The monoisotopic (exact) mass is 392 g/mol. The van der Waals surface area contributed by atoms with Gasteiger partial charge in [0.1, 0.15) is 0 Å². The molecule has 1 aromatic heterocycles. The molecule has 3 N–H and O–H groups in total. The average Bonchev–Trinajstić information content (AvgIpc) is 3.08. The number of anilines is 1. The molecule has 0 bridgehead atoms. The lowest BCUT2D eigenvalue weighted by Gasteiger charge is -2.26. The molecule has 0 spiro atoms. The summed E-state index contributed by atoms with van der Waals surface area (Å²) in [6, 6.07) is 9.77. The molecule has 1 heterocycles. The van der Waals surface area contributed by atoms with Crippen LogP contribution in [0.25, 0.3) is 0 Å². The Kier molecular flexibility index (Phi) is 6.45. The lowest BCUT2D eigenvalue weighted by Crippen LogP contribution is -2.40. The van der Waals surface area contributed by atoms with Crippen molar-refractivity contribution in [3.63, 3.8) is 0 Å².